The van der Waals surface area contributed by atoms with Gasteiger partial charge in [0.2, 0.25) is 0 Å². The number of nitrogens with zero attached hydrogens (tertiary/aromatic N) is 1. The van der Waals surface area contributed by atoms with Crippen molar-refractivity contribution in [3.8, 4) is 0 Å². The lowest BCUT2D eigenvalue weighted by molar-refractivity contribution is 0.117. The minimum atomic E-state index is 0. The van der Waals surface area contributed by atoms with E-state index >= 15 is 0 Å². The molecule has 0 saturated heterocycles. The van der Waals surface area contributed by atoms with Crippen molar-refractivity contribution in [1.29, 1.82) is 0 Å². The number of hydrogen-bond acceptors (Lipinski definition) is 2. The molecule has 0 saturated carbocycles. The van der Waals surface area contributed by atoms with E-state index in [2.05, 4.69) is 48.5 Å². The molecule has 0 spiro atoms. The molecule has 0 aliphatic carbocycles. The third kappa shape index (κ3) is 12.3. The summed E-state index contributed by atoms with van der Waals surface area (Å²) in [5.41, 5.74) is 1.23. The maximum Gasteiger partial charge on any atom is 0.191 e. The fourth-order valence-corrected chi connectivity index (χ4v) is 1.92. The second kappa shape index (κ2) is 14.8. The smallest absolute Gasteiger partial charge is 0.191 e. The third-order valence-electron chi connectivity index (χ3n) is 3.08. The molecular weight excluding hydrogens is 401 g/mol. The van der Waals surface area contributed by atoms with Crippen LogP contribution in [0.3, 0.4) is 0 Å². The lowest BCUT2D eigenvalue weighted by Crippen LogP contribution is -2.38. The molecule has 1 aromatic carbocycles. The number of aliphatic imine (C=N–C) groups is 1. The first kappa shape index (κ1) is 22.2. The van der Waals surface area contributed by atoms with E-state index in [0.717, 1.165) is 45.0 Å². The van der Waals surface area contributed by atoms with Gasteiger partial charge < -0.3 is 15.4 Å². The lowest BCUT2D eigenvalue weighted by Gasteiger charge is -2.12. The predicted molar refractivity (Wildman–Crippen MR) is 110 cm³/mol. The molecule has 0 aliphatic rings. The maximum absolute atomic E-state index is 5.68. The van der Waals surface area contributed by atoms with Gasteiger partial charge in [0.05, 0.1) is 6.61 Å². The van der Waals surface area contributed by atoms with Crippen LogP contribution in [0.5, 0.6) is 0 Å². The van der Waals surface area contributed by atoms with Gasteiger partial charge in [0.1, 0.15) is 0 Å². The Bertz CT molecular complexity index is 410. The summed E-state index contributed by atoms with van der Waals surface area (Å²) in [6.45, 7) is 10.6. The number of ether oxygens (including phenoxy) is 1. The van der Waals surface area contributed by atoms with Gasteiger partial charge in [0, 0.05) is 26.2 Å². The van der Waals surface area contributed by atoms with Crippen LogP contribution >= 0.6 is 24.0 Å². The normalized spacial score (nSPS) is 11.2. The molecule has 0 bridgehead atoms. The van der Waals surface area contributed by atoms with E-state index in [4.69, 9.17) is 4.74 Å². The summed E-state index contributed by atoms with van der Waals surface area (Å²) in [5.74, 6) is 1.50. The molecule has 0 aromatic heterocycles. The summed E-state index contributed by atoms with van der Waals surface area (Å²) in [5, 5.41) is 6.64. The highest BCUT2D eigenvalue weighted by Crippen LogP contribution is 2.01. The topological polar surface area (TPSA) is 45.7 Å². The van der Waals surface area contributed by atoms with Crippen LogP contribution < -0.4 is 10.6 Å². The molecule has 4 nitrogen and oxygen atoms in total. The van der Waals surface area contributed by atoms with Crippen molar-refractivity contribution >= 4 is 29.9 Å². The third-order valence-corrected chi connectivity index (χ3v) is 3.08. The Kier molecular flexibility index (Phi) is 14.2. The lowest BCUT2D eigenvalue weighted by atomic mass is 10.2. The SMILES string of the molecule is CCNC(=NCC(C)C)NCCCCOCc1ccccc1.I. The average Bonchev–Trinajstić information content (AvgIpc) is 2.52. The van der Waals surface area contributed by atoms with Gasteiger partial charge in [-0.05, 0) is 31.2 Å². The first-order valence-electron chi connectivity index (χ1n) is 8.36. The highest BCUT2D eigenvalue weighted by molar-refractivity contribution is 14.0. The Morgan fingerprint density at radius 3 is 2.52 bits per heavy atom. The molecule has 0 heterocycles. The van der Waals surface area contributed by atoms with Crippen molar-refractivity contribution in [2.75, 3.05) is 26.2 Å². The largest absolute Gasteiger partial charge is 0.377 e. The number of guanidine groups is 1. The van der Waals surface area contributed by atoms with Gasteiger partial charge in [-0.3, -0.25) is 4.99 Å². The van der Waals surface area contributed by atoms with Crippen LogP contribution in [0.25, 0.3) is 0 Å². The zero-order chi connectivity index (χ0) is 16.0. The van der Waals surface area contributed by atoms with Gasteiger partial charge in [0.15, 0.2) is 5.96 Å². The number of rotatable bonds is 10. The van der Waals surface area contributed by atoms with Crippen LogP contribution in [0.1, 0.15) is 39.2 Å². The molecule has 2 N–H and O–H groups in total. The summed E-state index contributed by atoms with van der Waals surface area (Å²) in [6, 6.07) is 10.3. The van der Waals surface area contributed by atoms with Gasteiger partial charge in [-0.2, -0.15) is 0 Å². The molecule has 0 radical (unpaired) electrons. The molecular formula is C18H32IN3O. The van der Waals surface area contributed by atoms with Gasteiger partial charge in [-0.15, -0.1) is 24.0 Å². The van der Waals surface area contributed by atoms with Crippen LogP contribution in [0.4, 0.5) is 0 Å². The van der Waals surface area contributed by atoms with Crippen LogP contribution in [0, 0.1) is 5.92 Å². The number of unbranched alkanes of at least 4 members (excludes halogenated alkanes) is 1. The van der Waals surface area contributed by atoms with Crippen LogP contribution in [-0.4, -0.2) is 32.2 Å². The van der Waals surface area contributed by atoms with Crippen molar-refractivity contribution < 1.29 is 4.74 Å². The molecule has 132 valence electrons. The Morgan fingerprint density at radius 1 is 1.13 bits per heavy atom. The van der Waals surface area contributed by atoms with Crippen molar-refractivity contribution in [3.63, 3.8) is 0 Å². The standard InChI is InChI=1S/C18H31N3O.HI/c1-4-19-18(21-14-16(2)3)20-12-8-9-13-22-15-17-10-6-5-7-11-17;/h5-7,10-11,16H,4,8-9,12-15H2,1-3H3,(H2,19,20,21);1H. The number of nitrogens with one attached hydrogen (secondary N) is 2. The van der Waals surface area contributed by atoms with Crippen molar-refractivity contribution in [1.82, 2.24) is 10.6 Å². The van der Waals surface area contributed by atoms with E-state index in [9.17, 15) is 0 Å². The molecule has 1 rings (SSSR count). The fourth-order valence-electron chi connectivity index (χ4n) is 1.92. The van der Waals surface area contributed by atoms with Gasteiger partial charge >= 0.3 is 0 Å². The molecule has 5 heteroatoms. The van der Waals surface area contributed by atoms with E-state index in [1.165, 1.54) is 5.56 Å². The monoisotopic (exact) mass is 433 g/mol. The Hall–Kier alpha value is -0.820. The van der Waals surface area contributed by atoms with E-state index in [1.807, 2.05) is 18.2 Å². The first-order valence-corrected chi connectivity index (χ1v) is 8.36. The number of hydrogen-bond donors (Lipinski definition) is 2. The molecule has 0 atom stereocenters. The first-order chi connectivity index (χ1) is 10.7. The quantitative estimate of drug-likeness (QED) is 0.255. The highest BCUT2D eigenvalue weighted by Gasteiger charge is 1.98. The van der Waals surface area contributed by atoms with E-state index < -0.39 is 0 Å². The summed E-state index contributed by atoms with van der Waals surface area (Å²) < 4.78 is 5.68. The Morgan fingerprint density at radius 2 is 1.87 bits per heavy atom. The summed E-state index contributed by atoms with van der Waals surface area (Å²) in [7, 11) is 0. The van der Waals surface area contributed by atoms with Crippen LogP contribution in [0.2, 0.25) is 0 Å². The van der Waals surface area contributed by atoms with E-state index in [1.54, 1.807) is 0 Å². The van der Waals surface area contributed by atoms with Crippen molar-refractivity contribution in [2.45, 2.75) is 40.2 Å². The maximum atomic E-state index is 5.68. The molecule has 0 fully saturated rings. The Labute approximate surface area is 158 Å². The van der Waals surface area contributed by atoms with Crippen molar-refractivity contribution in [3.05, 3.63) is 35.9 Å². The van der Waals surface area contributed by atoms with Gasteiger partial charge in [0.25, 0.3) is 0 Å². The molecule has 0 unspecified atom stereocenters. The molecule has 0 amide bonds. The van der Waals surface area contributed by atoms with Crippen LogP contribution in [-0.2, 0) is 11.3 Å². The zero-order valence-corrected chi connectivity index (χ0v) is 17.0. The zero-order valence-electron chi connectivity index (χ0n) is 14.7. The van der Waals surface area contributed by atoms with E-state index in [0.29, 0.717) is 12.5 Å². The van der Waals surface area contributed by atoms with Crippen LogP contribution in [0.15, 0.2) is 35.3 Å². The number of halogens is 1. The molecule has 1 aromatic rings. The van der Waals surface area contributed by atoms with E-state index in [-0.39, 0.29) is 24.0 Å². The minimum Gasteiger partial charge on any atom is -0.377 e. The second-order valence-corrected chi connectivity index (χ2v) is 5.79. The Balaban J connectivity index is 0.00000484. The minimum absolute atomic E-state index is 0. The summed E-state index contributed by atoms with van der Waals surface area (Å²) >= 11 is 0. The average molecular weight is 433 g/mol. The number of benzene rings is 1. The predicted octanol–water partition coefficient (Wildman–Crippen LogP) is 3.81. The molecule has 23 heavy (non-hydrogen) atoms. The summed E-state index contributed by atoms with van der Waals surface area (Å²) in [6.07, 6.45) is 2.14. The highest BCUT2D eigenvalue weighted by atomic mass is 127. The summed E-state index contributed by atoms with van der Waals surface area (Å²) in [4.78, 5) is 4.55. The van der Waals surface area contributed by atoms with Gasteiger partial charge in [-0.1, -0.05) is 44.2 Å². The van der Waals surface area contributed by atoms with Crippen molar-refractivity contribution in [2.24, 2.45) is 10.9 Å². The molecule has 0 aliphatic heterocycles. The van der Waals surface area contributed by atoms with Gasteiger partial charge in [-0.25, -0.2) is 0 Å². The second-order valence-electron chi connectivity index (χ2n) is 5.79. The fraction of sp³-hybridized carbons (Fsp3) is 0.611.